The smallest absolute Gasteiger partial charge is 0.253 e. The lowest BCUT2D eigenvalue weighted by Gasteiger charge is -2.17. The fourth-order valence-corrected chi connectivity index (χ4v) is 3.64. The molecule has 3 aromatic rings. The number of fused-ring (bicyclic) bond motifs is 1. The minimum absolute atomic E-state index is 0.0921. The summed E-state index contributed by atoms with van der Waals surface area (Å²) in [5.74, 6) is 0.759. The van der Waals surface area contributed by atoms with Crippen LogP contribution in [0.4, 0.5) is 5.69 Å². The summed E-state index contributed by atoms with van der Waals surface area (Å²) in [6.07, 6.45) is 0. The number of ether oxygens (including phenoxy) is 2. The highest BCUT2D eigenvalue weighted by Gasteiger charge is 2.26. The van der Waals surface area contributed by atoms with Gasteiger partial charge in [-0.3, -0.25) is 15.2 Å². The highest BCUT2D eigenvalue weighted by molar-refractivity contribution is 5.81. The first-order chi connectivity index (χ1) is 14.6. The molecule has 0 saturated heterocycles. The zero-order valence-corrected chi connectivity index (χ0v) is 17.2. The van der Waals surface area contributed by atoms with E-state index < -0.39 is 0 Å². The summed E-state index contributed by atoms with van der Waals surface area (Å²) in [5, 5.41) is 1.82. The van der Waals surface area contributed by atoms with E-state index in [1.54, 1.807) is 17.7 Å². The second-order valence-corrected chi connectivity index (χ2v) is 7.25. The molecule has 2 aromatic carbocycles. The van der Waals surface area contributed by atoms with Crippen LogP contribution in [0.3, 0.4) is 0 Å². The number of benzene rings is 2. The highest BCUT2D eigenvalue weighted by atomic mass is 16.5. The molecule has 6 nitrogen and oxygen atoms in total. The zero-order chi connectivity index (χ0) is 21.1. The number of hydrogen-bond acceptors (Lipinski definition) is 5. The number of hydrazine groups is 1. The minimum Gasteiger partial charge on any atom is -0.497 e. The number of hydrogen-bond donors (Lipinski definition) is 1. The van der Waals surface area contributed by atoms with E-state index in [9.17, 15) is 4.79 Å². The number of rotatable bonds is 7. The Kier molecular flexibility index (Phi) is 5.59. The Bertz CT molecular complexity index is 1120. The van der Waals surface area contributed by atoms with Gasteiger partial charge in [0.15, 0.2) is 0 Å². The van der Waals surface area contributed by atoms with Gasteiger partial charge in [0.1, 0.15) is 5.75 Å². The third kappa shape index (κ3) is 3.95. The lowest BCUT2D eigenvalue weighted by Crippen LogP contribution is -2.25. The Hall–Kier alpha value is -3.51. The summed E-state index contributed by atoms with van der Waals surface area (Å²) < 4.78 is 13.1. The van der Waals surface area contributed by atoms with Crippen LogP contribution in [0.2, 0.25) is 0 Å². The van der Waals surface area contributed by atoms with Crippen LogP contribution in [0.25, 0.3) is 5.70 Å². The van der Waals surface area contributed by atoms with Gasteiger partial charge >= 0.3 is 0 Å². The second-order valence-electron chi connectivity index (χ2n) is 7.25. The van der Waals surface area contributed by atoms with Crippen molar-refractivity contribution in [2.45, 2.75) is 19.8 Å². The molecule has 1 N–H and O–H groups in total. The standard InChI is InChI=1S/C24H25N3O3/c1-17-24-21(25-26(17)2)13-23(28)27(14-19-10-7-11-20(12-19)29-3)22(24)16-30-15-18-8-5-4-6-9-18/h4-13,25H,1,14-16H2,2-3H3. The Morgan fingerprint density at radius 2 is 1.77 bits per heavy atom. The molecule has 1 aliphatic heterocycles. The quantitative estimate of drug-likeness (QED) is 0.649. The van der Waals surface area contributed by atoms with Crippen LogP contribution in [0.15, 0.2) is 72.0 Å². The second kappa shape index (κ2) is 8.47. The van der Waals surface area contributed by atoms with Gasteiger partial charge in [-0.15, -0.1) is 0 Å². The molecule has 6 heteroatoms. The number of aromatic nitrogens is 1. The van der Waals surface area contributed by atoms with E-state index in [0.717, 1.165) is 39.5 Å². The van der Waals surface area contributed by atoms with E-state index in [1.807, 2.05) is 66.7 Å². The average Bonchev–Trinajstić information content (AvgIpc) is 3.04. The molecule has 0 aliphatic carbocycles. The van der Waals surface area contributed by atoms with E-state index in [-0.39, 0.29) is 5.56 Å². The SMILES string of the molecule is C=C1c2c(cc(=O)n(Cc3cccc(OC)c3)c2COCc2ccccc2)NN1C. The molecule has 2 heterocycles. The summed E-state index contributed by atoms with van der Waals surface area (Å²) in [6, 6.07) is 19.3. The number of nitrogens with zero attached hydrogens (tertiary/aromatic N) is 2. The highest BCUT2D eigenvalue weighted by Crippen LogP contribution is 2.34. The molecule has 0 amide bonds. The predicted molar refractivity (Wildman–Crippen MR) is 118 cm³/mol. The Labute approximate surface area is 176 Å². The molecular formula is C24H25N3O3. The van der Waals surface area contributed by atoms with Gasteiger partial charge in [0, 0.05) is 18.7 Å². The molecule has 0 unspecified atom stereocenters. The van der Waals surface area contributed by atoms with Gasteiger partial charge in [0.05, 0.1) is 43.9 Å². The molecule has 0 spiro atoms. The maximum atomic E-state index is 13.0. The minimum atomic E-state index is -0.0921. The van der Waals surface area contributed by atoms with Crippen LogP contribution >= 0.6 is 0 Å². The Morgan fingerprint density at radius 3 is 2.53 bits per heavy atom. The monoisotopic (exact) mass is 403 g/mol. The lowest BCUT2D eigenvalue weighted by molar-refractivity contribution is 0.101. The first-order valence-corrected chi connectivity index (χ1v) is 9.78. The summed E-state index contributed by atoms with van der Waals surface area (Å²) >= 11 is 0. The zero-order valence-electron chi connectivity index (χ0n) is 17.2. The van der Waals surface area contributed by atoms with Gasteiger partial charge in [-0.2, -0.15) is 0 Å². The maximum Gasteiger partial charge on any atom is 0.253 e. The molecule has 30 heavy (non-hydrogen) atoms. The van der Waals surface area contributed by atoms with Crippen molar-refractivity contribution >= 4 is 11.4 Å². The molecule has 1 aromatic heterocycles. The van der Waals surface area contributed by atoms with Crippen molar-refractivity contribution in [3.05, 3.63) is 100.0 Å². The van der Waals surface area contributed by atoms with Crippen LogP contribution < -0.4 is 15.7 Å². The first-order valence-electron chi connectivity index (χ1n) is 9.78. The number of pyridine rings is 1. The van der Waals surface area contributed by atoms with Crippen molar-refractivity contribution in [3.8, 4) is 5.75 Å². The predicted octanol–water partition coefficient (Wildman–Crippen LogP) is 3.87. The van der Waals surface area contributed by atoms with Crippen LogP contribution in [-0.2, 0) is 24.5 Å². The summed E-state index contributed by atoms with van der Waals surface area (Å²) in [4.78, 5) is 13.0. The number of methoxy groups -OCH3 is 1. The van der Waals surface area contributed by atoms with Gasteiger partial charge in [-0.25, -0.2) is 0 Å². The molecular weight excluding hydrogens is 378 g/mol. The van der Waals surface area contributed by atoms with Crippen molar-refractivity contribution in [2.75, 3.05) is 19.6 Å². The van der Waals surface area contributed by atoms with Crippen molar-refractivity contribution < 1.29 is 9.47 Å². The van der Waals surface area contributed by atoms with E-state index in [1.165, 1.54) is 0 Å². The van der Waals surface area contributed by atoms with Crippen molar-refractivity contribution in [2.24, 2.45) is 0 Å². The molecule has 4 rings (SSSR count). The van der Waals surface area contributed by atoms with E-state index in [2.05, 4.69) is 12.0 Å². The molecule has 0 saturated carbocycles. The van der Waals surface area contributed by atoms with Crippen LogP contribution in [-0.4, -0.2) is 23.7 Å². The van der Waals surface area contributed by atoms with Gasteiger partial charge < -0.3 is 14.0 Å². The van der Waals surface area contributed by atoms with Crippen LogP contribution in [0, 0.1) is 0 Å². The number of nitrogens with one attached hydrogen (secondary N) is 1. The van der Waals surface area contributed by atoms with Crippen LogP contribution in [0.5, 0.6) is 5.75 Å². The molecule has 1 aliphatic rings. The summed E-state index contributed by atoms with van der Waals surface area (Å²) in [7, 11) is 3.52. The first kappa shape index (κ1) is 19.8. The fourth-order valence-electron chi connectivity index (χ4n) is 3.64. The molecule has 0 atom stereocenters. The molecule has 154 valence electrons. The van der Waals surface area contributed by atoms with E-state index >= 15 is 0 Å². The normalized spacial score (nSPS) is 12.6. The fraction of sp³-hybridized carbons (Fsp3) is 0.208. The lowest BCUT2D eigenvalue weighted by atomic mass is 10.1. The average molecular weight is 403 g/mol. The third-order valence-corrected chi connectivity index (χ3v) is 5.22. The van der Waals surface area contributed by atoms with Gasteiger partial charge in [-0.05, 0) is 23.3 Å². The van der Waals surface area contributed by atoms with Crippen molar-refractivity contribution in [1.82, 2.24) is 9.58 Å². The van der Waals surface area contributed by atoms with Crippen LogP contribution in [0.1, 0.15) is 22.4 Å². The molecule has 0 radical (unpaired) electrons. The van der Waals surface area contributed by atoms with E-state index in [4.69, 9.17) is 9.47 Å². The summed E-state index contributed by atoms with van der Waals surface area (Å²) in [5.41, 5.74) is 8.44. The van der Waals surface area contributed by atoms with Gasteiger partial charge in [0.25, 0.3) is 5.56 Å². The topological polar surface area (TPSA) is 55.7 Å². The van der Waals surface area contributed by atoms with E-state index in [0.29, 0.717) is 19.8 Å². The van der Waals surface area contributed by atoms with Crippen molar-refractivity contribution in [1.29, 1.82) is 0 Å². The third-order valence-electron chi connectivity index (χ3n) is 5.22. The van der Waals surface area contributed by atoms with Gasteiger partial charge in [-0.1, -0.05) is 49.0 Å². The maximum absolute atomic E-state index is 13.0. The Balaban J connectivity index is 1.69. The Morgan fingerprint density at radius 1 is 1.00 bits per heavy atom. The molecule has 0 bridgehead atoms. The molecule has 0 fully saturated rings. The number of anilines is 1. The summed E-state index contributed by atoms with van der Waals surface area (Å²) in [6.45, 7) is 5.37. The van der Waals surface area contributed by atoms with Gasteiger partial charge in [0.2, 0.25) is 0 Å². The van der Waals surface area contributed by atoms with Crippen molar-refractivity contribution in [3.63, 3.8) is 0 Å². The largest absolute Gasteiger partial charge is 0.497 e.